The molecule has 0 spiro atoms. The highest BCUT2D eigenvalue weighted by molar-refractivity contribution is 9.10. The number of esters is 1. The molecule has 0 N–H and O–H groups in total. The predicted molar refractivity (Wildman–Crippen MR) is 81.1 cm³/mol. The Hall–Kier alpha value is -1.55. The van der Waals surface area contributed by atoms with Crippen LogP contribution in [0, 0.1) is 0 Å². The molecule has 1 aromatic heterocycles. The molecule has 0 atom stereocenters. The van der Waals surface area contributed by atoms with Crippen molar-refractivity contribution in [1.29, 1.82) is 0 Å². The van der Waals surface area contributed by atoms with Gasteiger partial charge in [-0.15, -0.1) is 0 Å². The van der Waals surface area contributed by atoms with Gasteiger partial charge in [0.25, 0.3) is 0 Å². The van der Waals surface area contributed by atoms with E-state index < -0.39 is 5.97 Å². The summed E-state index contributed by atoms with van der Waals surface area (Å²) in [7, 11) is 0. The highest BCUT2D eigenvalue weighted by Gasteiger charge is 2.18. The molecule has 0 fully saturated rings. The first-order chi connectivity index (χ1) is 9.42. The summed E-state index contributed by atoms with van der Waals surface area (Å²) >= 11 is 3.15. The molecule has 106 valence electrons. The summed E-state index contributed by atoms with van der Waals surface area (Å²) in [5.41, 5.74) is 1.34. The van der Waals surface area contributed by atoms with E-state index in [0.717, 1.165) is 6.42 Å². The van der Waals surface area contributed by atoms with Crippen LogP contribution in [0.1, 0.15) is 43.3 Å². The lowest BCUT2D eigenvalue weighted by atomic mass is 9.82. The third-order valence-electron chi connectivity index (χ3n) is 3.50. The monoisotopic (exact) mass is 336 g/mol. The fourth-order valence-electron chi connectivity index (χ4n) is 1.76. The van der Waals surface area contributed by atoms with Crippen molar-refractivity contribution in [2.45, 2.75) is 32.6 Å². The van der Waals surface area contributed by atoms with Crippen LogP contribution in [-0.2, 0) is 5.41 Å². The van der Waals surface area contributed by atoms with Crippen molar-refractivity contribution >= 4 is 21.9 Å². The summed E-state index contributed by atoms with van der Waals surface area (Å²) in [6, 6.07) is 10.8. The molecular weight excluding hydrogens is 320 g/mol. The van der Waals surface area contributed by atoms with Gasteiger partial charge < -0.3 is 9.15 Å². The summed E-state index contributed by atoms with van der Waals surface area (Å²) in [5.74, 6) is 0.186. The van der Waals surface area contributed by atoms with Crippen molar-refractivity contribution in [3.8, 4) is 5.75 Å². The molecule has 0 aliphatic rings. The van der Waals surface area contributed by atoms with E-state index in [1.807, 2.05) is 24.3 Å². The first kappa shape index (κ1) is 14.9. The van der Waals surface area contributed by atoms with E-state index in [2.05, 4.69) is 36.7 Å². The smallest absolute Gasteiger partial charge is 0.379 e. The van der Waals surface area contributed by atoms with Crippen LogP contribution in [0.3, 0.4) is 0 Å². The molecular formula is C16H17BrO3. The summed E-state index contributed by atoms with van der Waals surface area (Å²) in [6.07, 6.45) is 1.05. The number of hydrogen-bond acceptors (Lipinski definition) is 3. The standard InChI is InChI=1S/C16H17BrO3/c1-4-16(2,3)11-5-7-12(8-6-11)19-15(18)13-9-10-14(17)20-13/h5-10H,4H2,1-3H3. The number of rotatable bonds is 4. The van der Waals surface area contributed by atoms with E-state index in [4.69, 9.17) is 9.15 Å². The number of benzene rings is 1. The molecule has 2 rings (SSSR count). The maximum atomic E-state index is 11.8. The van der Waals surface area contributed by atoms with Gasteiger partial charge in [-0.25, -0.2) is 4.79 Å². The maximum Gasteiger partial charge on any atom is 0.379 e. The molecule has 0 radical (unpaired) electrons. The Morgan fingerprint density at radius 2 is 1.85 bits per heavy atom. The van der Waals surface area contributed by atoms with Crippen LogP contribution in [-0.4, -0.2) is 5.97 Å². The number of carbonyl (C=O) groups is 1. The Morgan fingerprint density at radius 3 is 2.35 bits per heavy atom. The summed E-state index contributed by atoms with van der Waals surface area (Å²) in [4.78, 5) is 11.8. The Labute approximate surface area is 127 Å². The second kappa shape index (κ2) is 5.83. The van der Waals surface area contributed by atoms with Gasteiger partial charge in [0.2, 0.25) is 5.76 Å². The van der Waals surface area contributed by atoms with E-state index in [-0.39, 0.29) is 11.2 Å². The minimum Gasteiger partial charge on any atom is -0.442 e. The Kier molecular flexibility index (Phi) is 4.33. The van der Waals surface area contributed by atoms with Crippen LogP contribution in [0.4, 0.5) is 0 Å². The molecule has 0 aliphatic carbocycles. The quantitative estimate of drug-likeness (QED) is 0.585. The SMILES string of the molecule is CCC(C)(C)c1ccc(OC(=O)c2ccc(Br)o2)cc1. The van der Waals surface area contributed by atoms with E-state index in [9.17, 15) is 4.79 Å². The van der Waals surface area contributed by atoms with Crippen LogP contribution in [0.25, 0.3) is 0 Å². The van der Waals surface area contributed by atoms with Crippen molar-refractivity contribution in [1.82, 2.24) is 0 Å². The molecule has 0 aliphatic heterocycles. The van der Waals surface area contributed by atoms with Gasteiger partial charge in [0, 0.05) is 0 Å². The number of furan rings is 1. The zero-order valence-corrected chi connectivity index (χ0v) is 13.4. The molecule has 0 saturated carbocycles. The fourth-order valence-corrected chi connectivity index (χ4v) is 2.07. The predicted octanol–water partition coefficient (Wildman–Crippen LogP) is 4.95. The minimum absolute atomic E-state index is 0.119. The van der Waals surface area contributed by atoms with Crippen molar-refractivity contribution in [2.24, 2.45) is 0 Å². The van der Waals surface area contributed by atoms with Gasteiger partial charge in [-0.2, -0.15) is 0 Å². The second-order valence-electron chi connectivity index (χ2n) is 5.26. The molecule has 4 heteroatoms. The molecule has 0 amide bonds. The van der Waals surface area contributed by atoms with E-state index >= 15 is 0 Å². The highest BCUT2D eigenvalue weighted by atomic mass is 79.9. The normalized spacial score (nSPS) is 11.4. The molecule has 0 bridgehead atoms. The average Bonchev–Trinajstić information content (AvgIpc) is 2.86. The topological polar surface area (TPSA) is 39.4 Å². The first-order valence-electron chi connectivity index (χ1n) is 6.50. The number of hydrogen-bond donors (Lipinski definition) is 0. The van der Waals surface area contributed by atoms with Gasteiger partial charge in [-0.05, 0) is 57.6 Å². The largest absolute Gasteiger partial charge is 0.442 e. The first-order valence-corrected chi connectivity index (χ1v) is 7.30. The van der Waals surface area contributed by atoms with Crippen LogP contribution in [0.5, 0.6) is 5.75 Å². The van der Waals surface area contributed by atoms with Gasteiger partial charge in [0.15, 0.2) is 4.67 Å². The van der Waals surface area contributed by atoms with E-state index in [1.54, 1.807) is 12.1 Å². The van der Waals surface area contributed by atoms with Crippen molar-refractivity contribution < 1.29 is 13.9 Å². The lowest BCUT2D eigenvalue weighted by Gasteiger charge is -2.23. The molecule has 20 heavy (non-hydrogen) atoms. The average molecular weight is 337 g/mol. The van der Waals surface area contributed by atoms with Gasteiger partial charge in [0.05, 0.1) is 0 Å². The minimum atomic E-state index is -0.502. The number of carbonyl (C=O) groups excluding carboxylic acids is 1. The fraction of sp³-hybridized carbons (Fsp3) is 0.312. The molecule has 1 aromatic carbocycles. The Morgan fingerprint density at radius 1 is 1.20 bits per heavy atom. The number of halogens is 1. The van der Waals surface area contributed by atoms with Crippen LogP contribution >= 0.6 is 15.9 Å². The van der Waals surface area contributed by atoms with Crippen LogP contribution < -0.4 is 4.74 Å². The Balaban J connectivity index is 2.10. The second-order valence-corrected chi connectivity index (χ2v) is 6.04. The third kappa shape index (κ3) is 3.31. The Bertz CT molecular complexity index is 596. The van der Waals surface area contributed by atoms with Crippen molar-refractivity contribution in [2.75, 3.05) is 0 Å². The molecule has 0 saturated heterocycles. The van der Waals surface area contributed by atoms with E-state index in [0.29, 0.717) is 10.4 Å². The molecule has 1 heterocycles. The maximum absolute atomic E-state index is 11.8. The van der Waals surface area contributed by atoms with Gasteiger partial charge in [0.1, 0.15) is 5.75 Å². The van der Waals surface area contributed by atoms with E-state index in [1.165, 1.54) is 5.56 Å². The molecule has 2 aromatic rings. The lowest BCUT2D eigenvalue weighted by molar-refractivity contribution is 0.0700. The summed E-state index contributed by atoms with van der Waals surface area (Å²) < 4.78 is 10.9. The van der Waals surface area contributed by atoms with Gasteiger partial charge in [-0.3, -0.25) is 0 Å². The molecule has 0 unspecified atom stereocenters. The van der Waals surface area contributed by atoms with Crippen LogP contribution in [0.15, 0.2) is 45.5 Å². The lowest BCUT2D eigenvalue weighted by Crippen LogP contribution is -2.15. The molecule has 3 nitrogen and oxygen atoms in total. The van der Waals surface area contributed by atoms with Crippen molar-refractivity contribution in [3.05, 3.63) is 52.4 Å². The number of ether oxygens (including phenoxy) is 1. The zero-order chi connectivity index (χ0) is 14.8. The van der Waals surface area contributed by atoms with Crippen molar-refractivity contribution in [3.63, 3.8) is 0 Å². The van der Waals surface area contributed by atoms with Gasteiger partial charge >= 0.3 is 5.97 Å². The third-order valence-corrected chi connectivity index (χ3v) is 3.93. The van der Waals surface area contributed by atoms with Crippen LogP contribution in [0.2, 0.25) is 0 Å². The summed E-state index contributed by atoms with van der Waals surface area (Å²) in [6.45, 7) is 6.53. The summed E-state index contributed by atoms with van der Waals surface area (Å²) in [5, 5.41) is 0. The van der Waals surface area contributed by atoms with Gasteiger partial charge in [-0.1, -0.05) is 32.9 Å². The zero-order valence-electron chi connectivity index (χ0n) is 11.8. The highest BCUT2D eigenvalue weighted by Crippen LogP contribution is 2.28.